The third-order valence-corrected chi connectivity index (χ3v) is 4.55. The van der Waals surface area contributed by atoms with Crippen molar-refractivity contribution in [1.29, 1.82) is 0 Å². The van der Waals surface area contributed by atoms with E-state index < -0.39 is 35.8 Å². The number of aliphatic imine (C=N–C) groups is 1. The molecule has 4 nitrogen and oxygen atoms in total. The number of halogens is 3. The number of fused-ring (bicyclic) bond motifs is 1. The zero-order chi connectivity index (χ0) is 13.1. The number of hydrogen-bond acceptors (Lipinski definition) is 5. The topological polar surface area (TPSA) is 45.1 Å². The first-order valence-electron chi connectivity index (χ1n) is 5.72. The summed E-state index contributed by atoms with van der Waals surface area (Å²) in [7, 11) is 0. The van der Waals surface area contributed by atoms with Gasteiger partial charge in [-0.15, -0.1) is 0 Å². The Hall–Kier alpha value is -0.470. The van der Waals surface area contributed by atoms with E-state index in [9.17, 15) is 18.3 Å². The van der Waals surface area contributed by atoms with Gasteiger partial charge in [0.05, 0.1) is 19.2 Å². The highest BCUT2D eigenvalue weighted by Crippen LogP contribution is 2.41. The Kier molecular flexibility index (Phi) is 2.80. The molecule has 0 saturated carbocycles. The summed E-state index contributed by atoms with van der Waals surface area (Å²) in [5, 5.41) is 9.95. The van der Waals surface area contributed by atoms with E-state index in [0.717, 1.165) is 11.8 Å². The largest absolute Gasteiger partial charge is 0.387 e. The molecule has 3 aliphatic heterocycles. The number of amidine groups is 1. The van der Waals surface area contributed by atoms with Crippen molar-refractivity contribution in [2.24, 2.45) is 4.99 Å². The zero-order valence-electron chi connectivity index (χ0n) is 9.59. The SMILES string of the molecule is CC1OC2SC(N3CC(F)(F)C3)=NC2C(F)C1O. The predicted octanol–water partition coefficient (Wildman–Crippen LogP) is 0.853. The van der Waals surface area contributed by atoms with Crippen LogP contribution in [0.25, 0.3) is 0 Å². The molecule has 1 N–H and O–H groups in total. The molecular formula is C10H13F3N2O2S. The second-order valence-corrected chi connectivity index (χ2v) is 5.94. The second-order valence-electron chi connectivity index (χ2n) is 4.88. The number of likely N-dealkylation sites (tertiary alicyclic amines) is 1. The number of alkyl halides is 3. The van der Waals surface area contributed by atoms with Gasteiger partial charge < -0.3 is 14.7 Å². The summed E-state index contributed by atoms with van der Waals surface area (Å²) in [6.07, 6.45) is -3.33. The Morgan fingerprint density at radius 2 is 2.17 bits per heavy atom. The van der Waals surface area contributed by atoms with Gasteiger partial charge in [0.1, 0.15) is 17.6 Å². The molecule has 0 radical (unpaired) electrons. The monoisotopic (exact) mass is 282 g/mol. The number of nitrogens with zero attached hydrogens (tertiary/aromatic N) is 2. The molecule has 18 heavy (non-hydrogen) atoms. The maximum Gasteiger partial charge on any atom is 0.282 e. The molecule has 5 atom stereocenters. The summed E-state index contributed by atoms with van der Waals surface area (Å²) in [6.45, 7) is 0.824. The number of aliphatic hydroxyl groups excluding tert-OH is 1. The molecule has 0 aromatic rings. The van der Waals surface area contributed by atoms with Gasteiger partial charge >= 0.3 is 0 Å². The van der Waals surface area contributed by atoms with Gasteiger partial charge in [0.2, 0.25) is 0 Å². The summed E-state index contributed by atoms with van der Waals surface area (Å²) in [6, 6.07) is -0.801. The highest BCUT2D eigenvalue weighted by atomic mass is 32.2. The van der Waals surface area contributed by atoms with Crippen molar-refractivity contribution in [1.82, 2.24) is 4.90 Å². The number of rotatable bonds is 0. The van der Waals surface area contributed by atoms with Crippen LogP contribution in [0.4, 0.5) is 13.2 Å². The van der Waals surface area contributed by atoms with Crippen LogP contribution in [0.1, 0.15) is 6.92 Å². The lowest BCUT2D eigenvalue weighted by molar-refractivity contribution is -0.123. The van der Waals surface area contributed by atoms with Crippen molar-refractivity contribution >= 4 is 16.9 Å². The van der Waals surface area contributed by atoms with Crippen molar-refractivity contribution in [2.75, 3.05) is 13.1 Å². The van der Waals surface area contributed by atoms with Gasteiger partial charge in [-0.25, -0.2) is 13.2 Å². The lowest BCUT2D eigenvalue weighted by Gasteiger charge is -2.39. The number of ether oxygens (including phenoxy) is 1. The van der Waals surface area contributed by atoms with Gasteiger partial charge in [0.15, 0.2) is 11.3 Å². The van der Waals surface area contributed by atoms with Gasteiger partial charge in [-0.05, 0) is 6.92 Å². The maximum absolute atomic E-state index is 13.9. The standard InChI is InChI=1S/C10H13F3N2O2S/c1-4-7(16)5(11)6-8(17-4)18-9(14-6)15-2-10(12,13)3-15/h4-8,16H,2-3H2,1H3. The van der Waals surface area contributed by atoms with Crippen LogP contribution in [0.5, 0.6) is 0 Å². The molecule has 2 fully saturated rings. The van der Waals surface area contributed by atoms with Crippen LogP contribution in [-0.4, -0.2) is 64.0 Å². The Labute approximate surface area is 106 Å². The molecule has 3 rings (SSSR count). The number of thioether (sulfide) groups is 1. The first-order valence-corrected chi connectivity index (χ1v) is 6.60. The van der Waals surface area contributed by atoms with E-state index in [-0.39, 0.29) is 13.1 Å². The van der Waals surface area contributed by atoms with E-state index in [2.05, 4.69) is 4.99 Å². The van der Waals surface area contributed by atoms with E-state index in [1.807, 2.05) is 0 Å². The van der Waals surface area contributed by atoms with Crippen LogP contribution < -0.4 is 0 Å². The molecule has 0 aromatic heterocycles. The van der Waals surface area contributed by atoms with Crippen LogP contribution in [0, 0.1) is 0 Å². The van der Waals surface area contributed by atoms with Crippen molar-refractivity contribution in [2.45, 2.75) is 42.7 Å². The first-order chi connectivity index (χ1) is 8.37. The van der Waals surface area contributed by atoms with Crippen LogP contribution in [0.2, 0.25) is 0 Å². The molecule has 0 bridgehead atoms. The van der Waals surface area contributed by atoms with Gasteiger partial charge in [-0.2, -0.15) is 0 Å². The van der Waals surface area contributed by atoms with Crippen molar-refractivity contribution < 1.29 is 23.0 Å². The Balaban J connectivity index is 1.71. The quantitative estimate of drug-likeness (QED) is 0.715. The van der Waals surface area contributed by atoms with Crippen LogP contribution in [0.3, 0.4) is 0 Å². The maximum atomic E-state index is 13.9. The number of aliphatic hydroxyl groups is 1. The third kappa shape index (κ3) is 1.90. The minimum absolute atomic E-state index is 0.382. The summed E-state index contributed by atoms with van der Waals surface area (Å²) >= 11 is 1.16. The normalized spacial score (nSPS) is 46.4. The molecule has 0 aromatic carbocycles. The van der Waals surface area contributed by atoms with E-state index in [1.165, 1.54) is 4.90 Å². The number of hydrogen-bond donors (Lipinski definition) is 1. The summed E-state index contributed by atoms with van der Waals surface area (Å²) < 4.78 is 44.8. The Morgan fingerprint density at radius 3 is 2.78 bits per heavy atom. The molecule has 5 unspecified atom stereocenters. The average Bonchev–Trinajstić information content (AvgIpc) is 2.66. The van der Waals surface area contributed by atoms with E-state index in [1.54, 1.807) is 6.92 Å². The minimum atomic E-state index is -2.68. The fourth-order valence-corrected chi connectivity index (χ4v) is 3.53. The van der Waals surface area contributed by atoms with E-state index in [4.69, 9.17) is 4.74 Å². The Bertz CT molecular complexity index is 387. The van der Waals surface area contributed by atoms with Crippen molar-refractivity contribution in [3.63, 3.8) is 0 Å². The first kappa shape index (κ1) is 12.6. The van der Waals surface area contributed by atoms with Crippen LogP contribution in [0.15, 0.2) is 4.99 Å². The fourth-order valence-electron chi connectivity index (χ4n) is 2.28. The predicted molar refractivity (Wildman–Crippen MR) is 60.6 cm³/mol. The average molecular weight is 282 g/mol. The summed E-state index contributed by atoms with van der Waals surface area (Å²) in [5.74, 6) is -2.68. The van der Waals surface area contributed by atoms with E-state index >= 15 is 0 Å². The van der Waals surface area contributed by atoms with Crippen LogP contribution >= 0.6 is 11.8 Å². The molecule has 102 valence electrons. The van der Waals surface area contributed by atoms with E-state index in [0.29, 0.717) is 5.17 Å². The molecule has 0 amide bonds. The van der Waals surface area contributed by atoms with Gasteiger partial charge in [0, 0.05) is 0 Å². The molecular weight excluding hydrogens is 269 g/mol. The molecule has 2 saturated heterocycles. The molecule has 8 heteroatoms. The van der Waals surface area contributed by atoms with Gasteiger partial charge in [-0.1, -0.05) is 11.8 Å². The third-order valence-electron chi connectivity index (χ3n) is 3.36. The van der Waals surface area contributed by atoms with Gasteiger partial charge in [-0.3, -0.25) is 4.99 Å². The second kappa shape index (κ2) is 4.01. The lowest BCUT2D eigenvalue weighted by Crippen LogP contribution is -2.57. The smallest absolute Gasteiger partial charge is 0.282 e. The fraction of sp³-hybridized carbons (Fsp3) is 0.900. The molecule has 0 aliphatic carbocycles. The Morgan fingerprint density at radius 1 is 1.50 bits per heavy atom. The van der Waals surface area contributed by atoms with Gasteiger partial charge in [0.25, 0.3) is 5.92 Å². The zero-order valence-corrected chi connectivity index (χ0v) is 10.4. The summed E-state index contributed by atoms with van der Waals surface area (Å²) in [5.41, 5.74) is -0.525. The molecule has 0 spiro atoms. The lowest BCUT2D eigenvalue weighted by atomic mass is 10.0. The summed E-state index contributed by atoms with van der Waals surface area (Å²) in [4.78, 5) is 5.49. The minimum Gasteiger partial charge on any atom is -0.387 e. The highest BCUT2D eigenvalue weighted by Gasteiger charge is 2.52. The molecule has 3 heterocycles. The molecule has 3 aliphatic rings. The highest BCUT2D eigenvalue weighted by molar-refractivity contribution is 8.14. The van der Waals surface area contributed by atoms with Crippen LogP contribution in [-0.2, 0) is 4.74 Å². The van der Waals surface area contributed by atoms with Crippen molar-refractivity contribution in [3.05, 3.63) is 0 Å². The van der Waals surface area contributed by atoms with Crippen molar-refractivity contribution in [3.8, 4) is 0 Å².